The van der Waals surface area contributed by atoms with Gasteiger partial charge >= 0.3 is 0 Å². The number of rotatable bonds is 5. The second-order valence-electron chi connectivity index (χ2n) is 9.08. The molecule has 1 amide bonds. The normalized spacial score (nSPS) is 30.3. The van der Waals surface area contributed by atoms with E-state index >= 15 is 4.39 Å². The molecule has 1 aliphatic heterocycles. The molecule has 2 aliphatic carbocycles. The predicted octanol–water partition coefficient (Wildman–Crippen LogP) is 5.22. The van der Waals surface area contributed by atoms with Crippen LogP contribution >= 0.6 is 0 Å². The Morgan fingerprint density at radius 3 is 2.56 bits per heavy atom. The smallest absolute Gasteiger partial charge is 0.248 e. The number of pyridine rings is 1. The van der Waals surface area contributed by atoms with E-state index in [1.54, 1.807) is 31.6 Å². The summed E-state index contributed by atoms with van der Waals surface area (Å²) in [4.78, 5) is 17.2. The van der Waals surface area contributed by atoms with Gasteiger partial charge in [0.05, 0.1) is 18.0 Å². The lowest BCUT2D eigenvalue weighted by molar-refractivity contribution is -0.121. The molecule has 2 fully saturated rings. The minimum absolute atomic E-state index is 0.130. The number of allylic oxidation sites excluding steroid dienone is 2. The van der Waals surface area contributed by atoms with Crippen molar-refractivity contribution in [2.24, 2.45) is 11.8 Å². The van der Waals surface area contributed by atoms with E-state index in [1.807, 2.05) is 0 Å². The Morgan fingerprint density at radius 2 is 1.91 bits per heavy atom. The van der Waals surface area contributed by atoms with Crippen molar-refractivity contribution in [1.29, 1.82) is 0 Å². The van der Waals surface area contributed by atoms with Crippen LogP contribution in [-0.4, -0.2) is 30.0 Å². The number of dihydropyridines is 1. The largest absolute Gasteiger partial charge is 0.381 e. The maximum absolute atomic E-state index is 15.5. The third kappa shape index (κ3) is 4.42. The van der Waals surface area contributed by atoms with Gasteiger partial charge in [-0.15, -0.1) is 0 Å². The van der Waals surface area contributed by atoms with Gasteiger partial charge in [-0.05, 0) is 68.9 Å². The van der Waals surface area contributed by atoms with Gasteiger partial charge in [-0.2, -0.15) is 0 Å². The number of alkyl halides is 2. The van der Waals surface area contributed by atoms with E-state index < -0.39 is 23.2 Å². The molecule has 5 nitrogen and oxygen atoms in total. The fourth-order valence-corrected chi connectivity index (χ4v) is 5.36. The number of halogens is 3. The highest BCUT2D eigenvalue weighted by Crippen LogP contribution is 2.50. The van der Waals surface area contributed by atoms with Gasteiger partial charge in [0.25, 0.3) is 0 Å². The van der Waals surface area contributed by atoms with Crippen LogP contribution in [-0.2, 0) is 15.1 Å². The van der Waals surface area contributed by atoms with Crippen molar-refractivity contribution in [2.75, 3.05) is 12.4 Å². The summed E-state index contributed by atoms with van der Waals surface area (Å²) >= 11 is 0. The second-order valence-corrected chi connectivity index (χ2v) is 9.08. The van der Waals surface area contributed by atoms with E-state index in [-0.39, 0.29) is 43.6 Å². The van der Waals surface area contributed by atoms with Gasteiger partial charge in [-0.3, -0.25) is 9.78 Å². The number of anilines is 1. The van der Waals surface area contributed by atoms with Crippen molar-refractivity contribution in [1.82, 2.24) is 10.3 Å². The number of aromatic nitrogens is 1. The summed E-state index contributed by atoms with van der Waals surface area (Å²) in [5.74, 6) is -3.84. The Morgan fingerprint density at radius 1 is 1.19 bits per heavy atom. The first-order chi connectivity index (χ1) is 15.4. The monoisotopic (exact) mass is 449 g/mol. The molecular weight excluding hydrogens is 419 g/mol. The molecule has 1 unspecified atom stereocenters. The quantitative estimate of drug-likeness (QED) is 0.647. The molecule has 2 saturated carbocycles. The maximum atomic E-state index is 15.5. The van der Waals surface area contributed by atoms with Crippen molar-refractivity contribution in [2.45, 2.75) is 68.9 Å². The molecule has 174 valence electrons. The van der Waals surface area contributed by atoms with E-state index in [4.69, 9.17) is 4.74 Å². The molecule has 4 rings (SSSR count). The summed E-state index contributed by atoms with van der Waals surface area (Å²) in [7, 11) is 1.68. The SMILES string of the molecule is COC1CCC(C(=O)Nc2cnccc2C2(C3CCC(F)(F)CC3)NC=CC=C2F)CC1. The summed E-state index contributed by atoms with van der Waals surface area (Å²) in [5, 5.41) is 6.10. The maximum Gasteiger partial charge on any atom is 0.248 e. The highest BCUT2D eigenvalue weighted by atomic mass is 19.3. The summed E-state index contributed by atoms with van der Waals surface area (Å²) in [6.45, 7) is 0. The minimum atomic E-state index is -2.72. The standard InChI is InChI=1S/C24H30F3N3O2/c1-32-18-6-4-16(5-7-18)22(31)30-20-15-28-14-10-19(20)24(21(25)3-2-13-29-24)17-8-11-23(26,27)12-9-17/h2-3,10,13-18,29H,4-9,11-12H2,1H3,(H,30,31). The van der Waals surface area contributed by atoms with Crippen LogP contribution in [0.4, 0.5) is 18.9 Å². The number of carbonyl (C=O) groups is 1. The molecule has 2 heterocycles. The zero-order chi connectivity index (χ0) is 22.8. The predicted molar refractivity (Wildman–Crippen MR) is 116 cm³/mol. The van der Waals surface area contributed by atoms with Crippen molar-refractivity contribution in [3.63, 3.8) is 0 Å². The number of carbonyl (C=O) groups excluding carboxylic acids is 1. The van der Waals surface area contributed by atoms with Crippen LogP contribution in [0.15, 0.2) is 42.6 Å². The van der Waals surface area contributed by atoms with Gasteiger partial charge in [0.1, 0.15) is 11.4 Å². The molecule has 0 spiro atoms. The molecule has 3 aliphatic rings. The van der Waals surface area contributed by atoms with Crippen LogP contribution in [0.5, 0.6) is 0 Å². The third-order valence-corrected chi connectivity index (χ3v) is 7.24. The number of nitrogens with one attached hydrogen (secondary N) is 2. The van der Waals surface area contributed by atoms with Crippen LogP contribution in [0.1, 0.15) is 56.9 Å². The van der Waals surface area contributed by atoms with Crippen LogP contribution in [0.25, 0.3) is 0 Å². The molecule has 0 bridgehead atoms. The first kappa shape index (κ1) is 22.8. The van der Waals surface area contributed by atoms with Gasteiger partial charge in [0, 0.05) is 37.6 Å². The molecular formula is C24H30F3N3O2. The molecule has 1 atom stereocenters. The Hall–Kier alpha value is -2.35. The molecule has 8 heteroatoms. The van der Waals surface area contributed by atoms with Crippen molar-refractivity contribution < 1.29 is 22.7 Å². The number of nitrogens with zero attached hydrogens (tertiary/aromatic N) is 1. The van der Waals surface area contributed by atoms with Gasteiger partial charge in [0.15, 0.2) is 0 Å². The number of ether oxygens (including phenoxy) is 1. The lowest BCUT2D eigenvalue weighted by atomic mass is 9.68. The highest BCUT2D eigenvalue weighted by Gasteiger charge is 2.50. The minimum Gasteiger partial charge on any atom is -0.381 e. The average molecular weight is 450 g/mol. The van der Waals surface area contributed by atoms with Crippen molar-refractivity contribution >= 4 is 11.6 Å². The molecule has 2 N–H and O–H groups in total. The van der Waals surface area contributed by atoms with Crippen LogP contribution in [0.3, 0.4) is 0 Å². The van der Waals surface area contributed by atoms with E-state index in [0.717, 1.165) is 25.7 Å². The number of methoxy groups -OCH3 is 1. The van der Waals surface area contributed by atoms with E-state index in [2.05, 4.69) is 15.6 Å². The second kappa shape index (κ2) is 9.25. The van der Waals surface area contributed by atoms with Crippen molar-refractivity contribution in [3.8, 4) is 0 Å². The fourth-order valence-electron chi connectivity index (χ4n) is 5.36. The number of hydrogen-bond donors (Lipinski definition) is 2. The van der Waals surface area contributed by atoms with Crippen molar-refractivity contribution in [3.05, 3.63) is 48.2 Å². The summed E-state index contributed by atoms with van der Waals surface area (Å²) in [6.07, 6.45) is 10.6. The molecule has 1 aromatic heterocycles. The Kier molecular flexibility index (Phi) is 6.60. The van der Waals surface area contributed by atoms with E-state index in [9.17, 15) is 13.6 Å². The summed E-state index contributed by atoms with van der Waals surface area (Å²) in [5.41, 5.74) is -0.389. The van der Waals surface area contributed by atoms with Crippen LogP contribution in [0.2, 0.25) is 0 Å². The molecule has 0 aromatic carbocycles. The first-order valence-corrected chi connectivity index (χ1v) is 11.3. The Bertz CT molecular complexity index is 886. The highest BCUT2D eigenvalue weighted by molar-refractivity contribution is 5.93. The topological polar surface area (TPSA) is 63.2 Å². The first-order valence-electron chi connectivity index (χ1n) is 11.3. The number of hydrogen-bond acceptors (Lipinski definition) is 4. The van der Waals surface area contributed by atoms with Gasteiger partial charge in [-0.1, -0.05) is 0 Å². The zero-order valence-electron chi connectivity index (χ0n) is 18.3. The summed E-state index contributed by atoms with van der Waals surface area (Å²) in [6, 6.07) is 1.67. The molecule has 32 heavy (non-hydrogen) atoms. The number of amides is 1. The van der Waals surface area contributed by atoms with Gasteiger partial charge in [0.2, 0.25) is 11.8 Å². The van der Waals surface area contributed by atoms with Gasteiger partial charge < -0.3 is 15.4 Å². The van der Waals surface area contributed by atoms with Gasteiger partial charge in [-0.25, -0.2) is 13.2 Å². The van der Waals surface area contributed by atoms with Crippen LogP contribution < -0.4 is 10.6 Å². The molecule has 0 saturated heterocycles. The Labute approximate surface area is 186 Å². The van der Waals surface area contributed by atoms with E-state index in [0.29, 0.717) is 11.3 Å². The fraction of sp³-hybridized carbons (Fsp3) is 0.583. The zero-order valence-corrected chi connectivity index (χ0v) is 18.3. The molecule has 1 aromatic rings. The lowest BCUT2D eigenvalue weighted by Gasteiger charge is -2.45. The molecule has 0 radical (unpaired) electrons. The third-order valence-electron chi connectivity index (χ3n) is 7.24. The average Bonchev–Trinajstić information content (AvgIpc) is 2.80. The van der Waals surface area contributed by atoms with Crippen LogP contribution in [0, 0.1) is 11.8 Å². The summed E-state index contributed by atoms with van der Waals surface area (Å²) < 4.78 is 48.6. The van der Waals surface area contributed by atoms with E-state index in [1.165, 1.54) is 12.3 Å². The Balaban J connectivity index is 1.62. The lowest BCUT2D eigenvalue weighted by Crippen LogP contribution is -2.50.